The topological polar surface area (TPSA) is 161 Å². The van der Waals surface area contributed by atoms with Crippen LogP contribution in [0.25, 0.3) is 0 Å². The van der Waals surface area contributed by atoms with Gasteiger partial charge in [-0.05, 0) is 61.9 Å². The molecule has 0 radical (unpaired) electrons. The summed E-state index contributed by atoms with van der Waals surface area (Å²) in [6, 6.07) is 1.45. The fourth-order valence-electron chi connectivity index (χ4n) is 6.02. The summed E-state index contributed by atoms with van der Waals surface area (Å²) in [5.74, 6) is -6.45. The van der Waals surface area contributed by atoms with Crippen molar-refractivity contribution in [1.29, 1.82) is 0 Å². The van der Waals surface area contributed by atoms with Gasteiger partial charge < -0.3 is 26.2 Å². The van der Waals surface area contributed by atoms with E-state index in [4.69, 9.17) is 17.3 Å². The van der Waals surface area contributed by atoms with E-state index in [1.807, 2.05) is 0 Å². The molecule has 1 fully saturated rings. The maximum atomic E-state index is 13.5. The maximum absolute atomic E-state index is 13.5. The van der Waals surface area contributed by atoms with Crippen LogP contribution in [0.4, 0.5) is 0 Å². The Bertz CT molecular complexity index is 1210. The Morgan fingerprint density at radius 1 is 1.18 bits per heavy atom. The first-order valence-corrected chi connectivity index (χ1v) is 11.7. The van der Waals surface area contributed by atoms with Crippen LogP contribution < -0.4 is 5.73 Å². The van der Waals surface area contributed by atoms with Gasteiger partial charge in [0.15, 0.2) is 11.4 Å². The average Bonchev–Trinajstić information content (AvgIpc) is 3.27. The van der Waals surface area contributed by atoms with Gasteiger partial charge in [-0.15, -0.1) is 0 Å². The molecule has 3 aliphatic carbocycles. The molecule has 0 saturated carbocycles. The molecule has 10 heteroatoms. The monoisotopic (exact) mass is 488 g/mol. The number of amides is 1. The van der Waals surface area contributed by atoms with Gasteiger partial charge in [0.1, 0.15) is 22.8 Å². The molecule has 34 heavy (non-hydrogen) atoms. The molecule has 6 N–H and O–H groups in total. The van der Waals surface area contributed by atoms with Crippen LogP contribution in [0.2, 0.25) is 5.02 Å². The summed E-state index contributed by atoms with van der Waals surface area (Å²) in [6.45, 7) is 2.39. The lowest BCUT2D eigenvalue weighted by atomic mass is 9.60. The molecule has 0 aromatic heterocycles. The lowest BCUT2D eigenvalue weighted by molar-refractivity contribution is -0.144. The van der Waals surface area contributed by atoms with Crippen molar-refractivity contribution < 1.29 is 34.8 Å². The number of phenols is 1. The Morgan fingerprint density at radius 3 is 2.50 bits per heavy atom. The van der Waals surface area contributed by atoms with Crippen molar-refractivity contribution in [3.8, 4) is 5.75 Å². The number of halogens is 1. The molecule has 3 atom stereocenters. The zero-order valence-corrected chi connectivity index (χ0v) is 19.1. The lowest BCUT2D eigenvalue weighted by Crippen LogP contribution is -2.57. The van der Waals surface area contributed by atoms with Gasteiger partial charge in [0.2, 0.25) is 5.78 Å². The molecule has 4 aliphatic rings. The molecule has 1 aromatic carbocycles. The van der Waals surface area contributed by atoms with Gasteiger partial charge in [-0.25, -0.2) is 0 Å². The zero-order valence-electron chi connectivity index (χ0n) is 18.3. The SMILES string of the molecule is NC(=O)C1=C(O)C[C@@H]2CC3Cc4c(Cl)c(CN5CCCC5)cc(O)c4C(=O)C3=C(O)[C@]2(O)C1=O. The molecule has 0 spiro atoms. The maximum Gasteiger partial charge on any atom is 0.255 e. The summed E-state index contributed by atoms with van der Waals surface area (Å²) >= 11 is 6.70. The molecule has 1 aliphatic heterocycles. The number of nitrogens with zero attached hydrogens (tertiary/aromatic N) is 1. The summed E-state index contributed by atoms with van der Waals surface area (Å²) in [4.78, 5) is 40.3. The molecular formula is C24H25ClN2O7. The Balaban J connectivity index is 1.60. The Morgan fingerprint density at radius 2 is 1.85 bits per heavy atom. The van der Waals surface area contributed by atoms with Gasteiger partial charge in [-0.3, -0.25) is 19.3 Å². The van der Waals surface area contributed by atoms with Crippen molar-refractivity contribution in [2.24, 2.45) is 17.6 Å². The number of benzene rings is 1. The minimum atomic E-state index is -2.56. The van der Waals surface area contributed by atoms with Crippen molar-refractivity contribution in [1.82, 2.24) is 4.90 Å². The van der Waals surface area contributed by atoms with E-state index in [0.29, 0.717) is 22.7 Å². The van der Waals surface area contributed by atoms with Crippen molar-refractivity contribution in [3.63, 3.8) is 0 Å². The number of aliphatic hydroxyl groups is 3. The smallest absolute Gasteiger partial charge is 0.255 e. The van der Waals surface area contributed by atoms with Gasteiger partial charge in [-0.2, -0.15) is 0 Å². The van der Waals surface area contributed by atoms with Crippen LogP contribution in [0.3, 0.4) is 0 Å². The Labute approximate surface area is 200 Å². The van der Waals surface area contributed by atoms with Crippen molar-refractivity contribution in [3.05, 3.63) is 50.4 Å². The molecule has 1 saturated heterocycles. The van der Waals surface area contributed by atoms with Gasteiger partial charge >= 0.3 is 0 Å². The molecule has 9 nitrogen and oxygen atoms in total. The minimum absolute atomic E-state index is 0.0632. The van der Waals surface area contributed by atoms with Crippen LogP contribution in [0.5, 0.6) is 5.75 Å². The number of ketones is 2. The molecule has 5 rings (SSSR count). The number of hydrogen-bond donors (Lipinski definition) is 5. The van der Waals surface area contributed by atoms with Crippen molar-refractivity contribution in [2.45, 2.75) is 44.2 Å². The number of carbonyl (C=O) groups excluding carboxylic acids is 3. The number of phenolic OH excluding ortho intramolecular Hbond substituents is 1. The summed E-state index contributed by atoms with van der Waals surface area (Å²) in [5, 5.41) is 43.6. The largest absolute Gasteiger partial charge is 0.511 e. The molecule has 1 amide bonds. The minimum Gasteiger partial charge on any atom is -0.511 e. The van der Waals surface area contributed by atoms with Gasteiger partial charge in [-0.1, -0.05) is 11.6 Å². The van der Waals surface area contributed by atoms with Crippen LogP contribution in [0.15, 0.2) is 28.7 Å². The standard InChI is InChI=1S/C24H25ClN2O7/c25-19-11(9-27-3-1-2-4-27)7-14(28)17-13(19)6-10-5-12-8-15(29)18(23(26)33)22(32)24(12,34)21(31)16(10)20(17)30/h7,10,12,28-29,31,34H,1-6,8-9H2,(H2,26,33)/t10?,12-,24-/m0/s1. The lowest BCUT2D eigenvalue weighted by Gasteiger charge is -2.45. The molecule has 1 unspecified atom stereocenters. The van der Waals surface area contributed by atoms with E-state index in [9.17, 15) is 34.8 Å². The van der Waals surface area contributed by atoms with E-state index in [1.54, 1.807) is 0 Å². The summed E-state index contributed by atoms with van der Waals surface area (Å²) in [5.41, 5.74) is 2.77. The van der Waals surface area contributed by atoms with E-state index in [1.165, 1.54) is 6.07 Å². The predicted octanol–water partition coefficient (Wildman–Crippen LogP) is 1.83. The third kappa shape index (κ3) is 3.10. The van der Waals surface area contributed by atoms with Gasteiger partial charge in [0, 0.05) is 29.5 Å². The zero-order chi connectivity index (χ0) is 24.5. The number of carbonyl (C=O) groups is 3. The molecule has 1 aromatic rings. The first kappa shape index (κ1) is 22.9. The Kier molecular flexibility index (Phi) is 5.27. The number of Topliss-reactive ketones (excluding diaryl/α,β-unsaturated/α-hetero) is 2. The highest BCUT2D eigenvalue weighted by Gasteiger charge is 2.59. The van der Waals surface area contributed by atoms with Crippen LogP contribution in [0.1, 0.15) is 47.2 Å². The fourth-order valence-corrected chi connectivity index (χ4v) is 6.30. The van der Waals surface area contributed by atoms with E-state index >= 15 is 0 Å². The first-order valence-electron chi connectivity index (χ1n) is 11.3. The van der Waals surface area contributed by atoms with E-state index in [2.05, 4.69) is 4.90 Å². The number of hydrogen-bond acceptors (Lipinski definition) is 8. The Hall–Kier alpha value is -2.88. The van der Waals surface area contributed by atoms with Crippen molar-refractivity contribution in [2.75, 3.05) is 13.1 Å². The number of aromatic hydroxyl groups is 1. The van der Waals surface area contributed by atoms with E-state index < -0.39 is 52.0 Å². The predicted molar refractivity (Wildman–Crippen MR) is 120 cm³/mol. The highest BCUT2D eigenvalue weighted by atomic mass is 35.5. The summed E-state index contributed by atoms with van der Waals surface area (Å²) < 4.78 is 0. The first-order chi connectivity index (χ1) is 16.1. The molecule has 180 valence electrons. The number of primary amides is 1. The average molecular weight is 489 g/mol. The number of fused-ring (bicyclic) bond motifs is 3. The second-order valence-corrected chi connectivity index (χ2v) is 9.99. The van der Waals surface area contributed by atoms with Crippen LogP contribution >= 0.6 is 11.6 Å². The molecular weight excluding hydrogens is 464 g/mol. The van der Waals surface area contributed by atoms with E-state index in [0.717, 1.165) is 25.9 Å². The number of allylic oxidation sites excluding steroid dienone is 2. The highest BCUT2D eigenvalue weighted by Crippen LogP contribution is 2.52. The van der Waals surface area contributed by atoms with Crippen LogP contribution in [-0.2, 0) is 22.6 Å². The number of aliphatic hydroxyl groups excluding tert-OH is 2. The number of nitrogens with two attached hydrogens (primary N) is 1. The second-order valence-electron chi connectivity index (χ2n) is 9.62. The quantitative estimate of drug-likeness (QED) is 0.402. The number of likely N-dealkylation sites (tertiary alicyclic amines) is 1. The third-order valence-electron chi connectivity index (χ3n) is 7.66. The van der Waals surface area contributed by atoms with Gasteiger partial charge in [0.25, 0.3) is 5.91 Å². The van der Waals surface area contributed by atoms with Gasteiger partial charge in [0.05, 0.1) is 5.56 Å². The normalized spacial score (nSPS) is 29.2. The second kappa shape index (κ2) is 7.83. The van der Waals surface area contributed by atoms with Crippen LogP contribution in [-0.4, -0.2) is 61.5 Å². The third-order valence-corrected chi connectivity index (χ3v) is 8.13. The van der Waals surface area contributed by atoms with Crippen LogP contribution in [0, 0.1) is 11.8 Å². The molecule has 0 bridgehead atoms. The number of rotatable bonds is 3. The van der Waals surface area contributed by atoms with E-state index in [-0.39, 0.29) is 36.1 Å². The highest BCUT2D eigenvalue weighted by molar-refractivity contribution is 6.33. The summed E-state index contributed by atoms with van der Waals surface area (Å²) in [6.07, 6.45) is 2.20. The summed E-state index contributed by atoms with van der Waals surface area (Å²) in [7, 11) is 0. The molecule has 1 heterocycles. The van der Waals surface area contributed by atoms with Crippen molar-refractivity contribution >= 4 is 29.1 Å². The fraction of sp³-hybridized carbons (Fsp3) is 0.458.